The van der Waals surface area contributed by atoms with Crippen LogP contribution < -0.4 is 19.5 Å². The number of carbonyl (C=O) groups is 3. The van der Waals surface area contributed by atoms with Crippen molar-refractivity contribution in [1.82, 2.24) is 10.2 Å². The maximum Gasteiger partial charge on any atom is 0.325 e. The molecule has 1 saturated heterocycles. The van der Waals surface area contributed by atoms with E-state index in [1.54, 1.807) is 26.4 Å². The molecule has 3 atom stereocenters. The van der Waals surface area contributed by atoms with Crippen LogP contribution in [-0.2, 0) is 27.5 Å². The number of nitrogens with one attached hydrogen (secondary N) is 1. The second-order valence-electron chi connectivity index (χ2n) is 12.0. The number of nitrogens with zero attached hydrogens (tertiary/aromatic N) is 1. The summed E-state index contributed by atoms with van der Waals surface area (Å²) in [4.78, 5) is 42.9. The lowest BCUT2D eigenvalue weighted by atomic mass is 9.75. The van der Waals surface area contributed by atoms with E-state index >= 15 is 0 Å². The predicted molar refractivity (Wildman–Crippen MR) is 169 cm³/mol. The van der Waals surface area contributed by atoms with E-state index in [0.29, 0.717) is 29.4 Å². The highest BCUT2D eigenvalue weighted by Gasteiger charge is 2.66. The van der Waals surface area contributed by atoms with Gasteiger partial charge in [-0.05, 0) is 60.4 Å². The first kappa shape index (κ1) is 29.4. The molecule has 46 heavy (non-hydrogen) atoms. The van der Waals surface area contributed by atoms with Crippen LogP contribution in [0.5, 0.6) is 23.0 Å². The van der Waals surface area contributed by atoms with Gasteiger partial charge in [0.1, 0.15) is 35.1 Å². The molecule has 0 unspecified atom stereocenters. The molecular formula is C37H34N2O7. The Kier molecular flexibility index (Phi) is 7.60. The molecule has 0 radical (unpaired) electrons. The number of para-hydroxylation sites is 2. The van der Waals surface area contributed by atoms with Gasteiger partial charge in [-0.1, -0.05) is 60.7 Å². The van der Waals surface area contributed by atoms with Crippen LogP contribution >= 0.6 is 0 Å². The van der Waals surface area contributed by atoms with Gasteiger partial charge in [0.25, 0.3) is 5.91 Å². The molecule has 9 nitrogen and oxygen atoms in total. The number of hydrogen-bond donors (Lipinski definition) is 1. The summed E-state index contributed by atoms with van der Waals surface area (Å²) in [6.45, 7) is 0.195. The van der Waals surface area contributed by atoms with Gasteiger partial charge in [-0.2, -0.15) is 0 Å². The monoisotopic (exact) mass is 618 g/mol. The summed E-state index contributed by atoms with van der Waals surface area (Å²) in [5.74, 6) is 0.853. The van der Waals surface area contributed by atoms with Crippen LogP contribution in [0.25, 0.3) is 0 Å². The molecule has 3 amide bonds. The first-order valence-electron chi connectivity index (χ1n) is 15.3. The van der Waals surface area contributed by atoms with Crippen molar-refractivity contribution in [2.24, 2.45) is 11.8 Å². The van der Waals surface area contributed by atoms with Crippen LogP contribution in [0.4, 0.5) is 4.79 Å². The van der Waals surface area contributed by atoms with Crippen molar-refractivity contribution in [1.29, 1.82) is 0 Å². The minimum absolute atomic E-state index is 0.0939. The van der Waals surface area contributed by atoms with Crippen molar-refractivity contribution in [2.45, 2.75) is 37.5 Å². The Bertz CT molecular complexity index is 1740. The molecule has 2 aliphatic heterocycles. The lowest BCUT2D eigenvalue weighted by molar-refractivity contribution is -0.147. The Morgan fingerprint density at radius 2 is 1.39 bits per heavy atom. The number of amides is 3. The van der Waals surface area contributed by atoms with Crippen LogP contribution in [0.3, 0.4) is 0 Å². The molecular weight excluding hydrogens is 584 g/mol. The van der Waals surface area contributed by atoms with Crippen molar-refractivity contribution >= 4 is 17.9 Å². The summed E-state index contributed by atoms with van der Waals surface area (Å²) in [7, 11) is 3.18. The van der Waals surface area contributed by atoms with Crippen molar-refractivity contribution in [3.8, 4) is 23.0 Å². The Morgan fingerprint density at radius 1 is 0.826 bits per heavy atom. The quantitative estimate of drug-likeness (QED) is 0.167. The predicted octanol–water partition coefficient (Wildman–Crippen LogP) is 6.20. The highest BCUT2D eigenvalue weighted by Crippen LogP contribution is 2.56. The maximum atomic E-state index is 14.6. The summed E-state index contributed by atoms with van der Waals surface area (Å²) in [5.41, 5.74) is 2.14. The fourth-order valence-corrected chi connectivity index (χ4v) is 6.78. The van der Waals surface area contributed by atoms with Gasteiger partial charge in [0.05, 0.1) is 26.7 Å². The van der Waals surface area contributed by atoms with Gasteiger partial charge >= 0.3 is 12.0 Å². The topological polar surface area (TPSA) is 103 Å². The van der Waals surface area contributed by atoms with Crippen molar-refractivity contribution in [2.75, 3.05) is 14.2 Å². The van der Waals surface area contributed by atoms with Gasteiger partial charge in [0.15, 0.2) is 0 Å². The molecule has 0 bridgehead atoms. The number of fused-ring (bicyclic) bond motifs is 2. The first-order chi connectivity index (χ1) is 22.4. The second kappa shape index (κ2) is 11.9. The fourth-order valence-electron chi connectivity index (χ4n) is 6.78. The molecule has 7 rings (SSSR count). The van der Waals surface area contributed by atoms with Crippen LogP contribution in [0.2, 0.25) is 0 Å². The number of imide groups is 1. The zero-order valence-corrected chi connectivity index (χ0v) is 25.6. The summed E-state index contributed by atoms with van der Waals surface area (Å²) >= 11 is 0. The van der Waals surface area contributed by atoms with Crippen molar-refractivity contribution < 1.29 is 33.3 Å². The van der Waals surface area contributed by atoms with Gasteiger partial charge in [-0.15, -0.1) is 0 Å². The highest BCUT2D eigenvalue weighted by atomic mass is 16.5. The molecule has 4 aromatic carbocycles. The molecule has 1 saturated carbocycles. The van der Waals surface area contributed by atoms with Gasteiger partial charge in [0, 0.05) is 23.0 Å². The Morgan fingerprint density at radius 3 is 1.98 bits per heavy atom. The van der Waals surface area contributed by atoms with Gasteiger partial charge in [-0.3, -0.25) is 14.5 Å². The van der Waals surface area contributed by atoms with Gasteiger partial charge < -0.3 is 24.3 Å². The zero-order valence-electron chi connectivity index (χ0n) is 25.6. The molecule has 0 aromatic heterocycles. The average molecular weight is 619 g/mol. The Balaban J connectivity index is 1.19. The van der Waals surface area contributed by atoms with E-state index in [-0.39, 0.29) is 37.4 Å². The number of ether oxygens (including phenoxy) is 4. The van der Waals surface area contributed by atoms with Crippen LogP contribution in [0.1, 0.15) is 41.0 Å². The van der Waals surface area contributed by atoms with Crippen LogP contribution in [0.15, 0.2) is 97.1 Å². The number of urea groups is 1. The van der Waals surface area contributed by atoms with E-state index in [1.807, 2.05) is 84.9 Å². The number of esters is 1. The molecule has 1 aliphatic carbocycles. The van der Waals surface area contributed by atoms with E-state index in [4.69, 9.17) is 18.9 Å². The average Bonchev–Trinajstić information content (AvgIpc) is 3.87. The largest absolute Gasteiger partial charge is 0.497 e. The molecule has 9 heteroatoms. The molecule has 4 aromatic rings. The lowest BCUT2D eigenvalue weighted by Gasteiger charge is -2.35. The van der Waals surface area contributed by atoms with Crippen LogP contribution in [-0.4, -0.2) is 42.6 Å². The second-order valence-corrected chi connectivity index (χ2v) is 12.0. The summed E-state index contributed by atoms with van der Waals surface area (Å²) in [6, 6.07) is 29.6. The van der Waals surface area contributed by atoms with Gasteiger partial charge in [0.2, 0.25) is 0 Å². The summed E-state index contributed by atoms with van der Waals surface area (Å²) in [5, 5.41) is 3.10. The number of carbonyl (C=O) groups excluding carboxylic acids is 3. The third kappa shape index (κ3) is 5.31. The van der Waals surface area contributed by atoms with Crippen molar-refractivity contribution in [3.63, 3.8) is 0 Å². The van der Waals surface area contributed by atoms with E-state index in [9.17, 15) is 14.4 Å². The fraction of sp³-hybridized carbons (Fsp3) is 0.270. The number of rotatable bonds is 10. The third-order valence-corrected chi connectivity index (χ3v) is 9.30. The molecule has 234 valence electrons. The third-order valence-electron chi connectivity index (χ3n) is 9.30. The molecule has 2 fully saturated rings. The highest BCUT2D eigenvalue weighted by molar-refractivity contribution is 6.08. The SMILES string of the molecule is COc1ccc(COC(=O)[C@@H]2C[C@H]2[C@]2(CC3c4ccccc4Oc4ccccc43)NC(=O)N(Cc3ccc(OC)cc3)C2=O)cc1. The van der Waals surface area contributed by atoms with E-state index < -0.39 is 23.4 Å². The Labute approximate surface area is 267 Å². The minimum Gasteiger partial charge on any atom is -0.497 e. The smallest absolute Gasteiger partial charge is 0.325 e. The van der Waals surface area contributed by atoms with E-state index in [1.165, 1.54) is 4.90 Å². The van der Waals surface area contributed by atoms with Crippen molar-refractivity contribution in [3.05, 3.63) is 119 Å². The number of hydrogen-bond acceptors (Lipinski definition) is 7. The standard InChI is InChI=1S/C37H34N2O7/c1-43-25-15-11-23(12-16-25)21-39-35(41)37(38-36(39)42,31-19-29(31)34(40)45-22-24-13-17-26(44-2)18-14-24)20-30-27-7-3-5-9-32(27)46-33-10-6-4-8-28(30)33/h3-18,29-31H,19-22H2,1-2H3,(H,38,42)/t29-,31-,37+/m1/s1. The minimum atomic E-state index is -1.32. The van der Waals surface area contributed by atoms with E-state index in [0.717, 1.165) is 22.3 Å². The normalized spacial score (nSPS) is 21.5. The maximum absolute atomic E-state index is 14.6. The number of methoxy groups -OCH3 is 2. The molecule has 3 aliphatic rings. The van der Waals surface area contributed by atoms with Gasteiger partial charge in [-0.25, -0.2) is 4.79 Å². The summed E-state index contributed by atoms with van der Waals surface area (Å²) < 4.78 is 22.4. The zero-order chi connectivity index (χ0) is 31.8. The van der Waals surface area contributed by atoms with Crippen LogP contribution in [0, 0.1) is 11.8 Å². The molecule has 0 spiro atoms. The molecule has 2 heterocycles. The lowest BCUT2D eigenvalue weighted by Crippen LogP contribution is -2.51. The summed E-state index contributed by atoms with van der Waals surface area (Å²) in [6.07, 6.45) is 0.692. The Hall–Kier alpha value is -5.31. The first-order valence-corrected chi connectivity index (χ1v) is 15.3. The number of benzene rings is 4. The van der Waals surface area contributed by atoms with E-state index in [2.05, 4.69) is 5.32 Å². The molecule has 1 N–H and O–H groups in total.